The Morgan fingerprint density at radius 3 is 2.14 bits per heavy atom. The number of rotatable bonds is 6. The van der Waals surface area contributed by atoms with E-state index < -0.39 is 5.82 Å². The van der Waals surface area contributed by atoms with Crippen molar-refractivity contribution in [1.82, 2.24) is 0 Å². The summed E-state index contributed by atoms with van der Waals surface area (Å²) in [7, 11) is 0. The van der Waals surface area contributed by atoms with Crippen molar-refractivity contribution in [3.63, 3.8) is 0 Å². The number of halogens is 3. The molecule has 8 heteroatoms. The number of benzene rings is 3. The number of thioether (sulfide) groups is 1. The van der Waals surface area contributed by atoms with Gasteiger partial charge in [0.15, 0.2) is 0 Å². The van der Waals surface area contributed by atoms with Gasteiger partial charge in [0.1, 0.15) is 5.82 Å². The van der Waals surface area contributed by atoms with E-state index in [1.165, 1.54) is 36.0 Å². The molecule has 0 bridgehead atoms. The summed E-state index contributed by atoms with van der Waals surface area (Å²) in [6.45, 7) is 0. The summed E-state index contributed by atoms with van der Waals surface area (Å²) < 4.78 is 12.9. The minimum atomic E-state index is -0.397. The van der Waals surface area contributed by atoms with Gasteiger partial charge < -0.3 is 10.6 Å². The van der Waals surface area contributed by atoms with Crippen molar-refractivity contribution >= 4 is 58.2 Å². The van der Waals surface area contributed by atoms with Gasteiger partial charge in [-0.1, -0.05) is 23.2 Å². The number of anilines is 2. The topological polar surface area (TPSA) is 58.2 Å². The van der Waals surface area contributed by atoms with Crippen molar-refractivity contribution in [2.24, 2.45) is 0 Å². The molecule has 4 nitrogen and oxygen atoms in total. The Balaban J connectivity index is 1.50. The normalized spacial score (nSPS) is 10.4. The van der Waals surface area contributed by atoms with E-state index in [4.69, 9.17) is 23.2 Å². The first-order valence-corrected chi connectivity index (χ1v) is 10.2. The third-order valence-corrected chi connectivity index (χ3v) is 5.54. The zero-order chi connectivity index (χ0) is 20.8. The molecule has 0 aliphatic carbocycles. The van der Waals surface area contributed by atoms with E-state index in [2.05, 4.69) is 10.6 Å². The van der Waals surface area contributed by atoms with Gasteiger partial charge in [-0.2, -0.15) is 0 Å². The second kappa shape index (κ2) is 9.78. The van der Waals surface area contributed by atoms with Crippen LogP contribution in [0.15, 0.2) is 71.6 Å². The molecule has 2 N–H and O–H groups in total. The Labute approximate surface area is 181 Å². The first-order chi connectivity index (χ1) is 13.9. The van der Waals surface area contributed by atoms with Gasteiger partial charge in [0, 0.05) is 21.8 Å². The molecule has 0 aromatic heterocycles. The molecular formula is C21H15Cl2FN2O2S. The Morgan fingerprint density at radius 2 is 1.48 bits per heavy atom. The zero-order valence-corrected chi connectivity index (χ0v) is 17.2. The highest BCUT2D eigenvalue weighted by molar-refractivity contribution is 8.00. The van der Waals surface area contributed by atoms with Crippen LogP contribution in [0.5, 0.6) is 0 Å². The standard InChI is InChI=1S/C21H15Cl2FN2O2S/c22-18-10-7-16(11-19(18)23)25-20(27)12-29-17-8-5-15(6-9-17)26-21(28)13-1-3-14(24)4-2-13/h1-11H,12H2,(H,25,27)(H,26,28). The second-order valence-corrected chi connectivity index (χ2v) is 7.81. The smallest absolute Gasteiger partial charge is 0.255 e. The summed E-state index contributed by atoms with van der Waals surface area (Å²) in [6, 6.07) is 17.3. The SMILES string of the molecule is O=C(CSc1ccc(NC(=O)c2ccc(F)cc2)cc1)Nc1ccc(Cl)c(Cl)c1. The first-order valence-electron chi connectivity index (χ1n) is 8.45. The summed E-state index contributed by atoms with van der Waals surface area (Å²) >= 11 is 13.1. The van der Waals surface area contributed by atoms with E-state index in [1.54, 1.807) is 42.5 Å². The van der Waals surface area contributed by atoms with Crippen LogP contribution in [-0.4, -0.2) is 17.6 Å². The summed E-state index contributed by atoms with van der Waals surface area (Å²) in [4.78, 5) is 25.1. The maximum atomic E-state index is 12.9. The summed E-state index contributed by atoms with van der Waals surface area (Å²) in [5.74, 6) is -0.693. The molecule has 2 amide bonds. The number of nitrogens with one attached hydrogen (secondary N) is 2. The van der Waals surface area contributed by atoms with Crippen LogP contribution in [0, 0.1) is 5.82 Å². The lowest BCUT2D eigenvalue weighted by Crippen LogP contribution is -2.14. The minimum Gasteiger partial charge on any atom is -0.325 e. The molecule has 0 heterocycles. The van der Waals surface area contributed by atoms with E-state index in [1.807, 2.05) is 0 Å². The average molecular weight is 449 g/mol. The van der Waals surface area contributed by atoms with Crippen molar-refractivity contribution in [3.05, 3.63) is 88.2 Å². The van der Waals surface area contributed by atoms with Crippen LogP contribution >= 0.6 is 35.0 Å². The van der Waals surface area contributed by atoms with Crippen LogP contribution < -0.4 is 10.6 Å². The summed E-state index contributed by atoms with van der Waals surface area (Å²) in [5.41, 5.74) is 1.54. The molecule has 29 heavy (non-hydrogen) atoms. The van der Waals surface area contributed by atoms with Crippen molar-refractivity contribution in [2.45, 2.75) is 4.90 Å². The van der Waals surface area contributed by atoms with Crippen molar-refractivity contribution < 1.29 is 14.0 Å². The Hall–Kier alpha value is -2.54. The number of carbonyl (C=O) groups is 2. The van der Waals surface area contributed by atoms with Gasteiger partial charge in [-0.05, 0) is 66.7 Å². The first kappa shape index (κ1) is 21.2. The maximum Gasteiger partial charge on any atom is 0.255 e. The molecule has 0 unspecified atom stereocenters. The lowest BCUT2D eigenvalue weighted by molar-refractivity contribution is -0.113. The zero-order valence-electron chi connectivity index (χ0n) is 14.9. The average Bonchev–Trinajstić information content (AvgIpc) is 2.71. The molecule has 0 saturated carbocycles. The number of hydrogen-bond acceptors (Lipinski definition) is 3. The fraction of sp³-hybridized carbons (Fsp3) is 0.0476. The fourth-order valence-electron chi connectivity index (χ4n) is 2.36. The molecule has 3 aromatic rings. The van der Waals surface area contributed by atoms with Gasteiger partial charge in [0.05, 0.1) is 15.8 Å². The van der Waals surface area contributed by atoms with E-state index in [9.17, 15) is 14.0 Å². The summed E-state index contributed by atoms with van der Waals surface area (Å²) in [5, 5.41) is 6.28. The van der Waals surface area contributed by atoms with Crippen molar-refractivity contribution in [3.8, 4) is 0 Å². The van der Waals surface area contributed by atoms with Crippen LogP contribution in [0.4, 0.5) is 15.8 Å². The lowest BCUT2D eigenvalue weighted by Gasteiger charge is -2.08. The highest BCUT2D eigenvalue weighted by Crippen LogP contribution is 2.26. The van der Waals surface area contributed by atoms with Gasteiger partial charge in [0.2, 0.25) is 5.91 Å². The minimum absolute atomic E-state index is 0.179. The highest BCUT2D eigenvalue weighted by atomic mass is 35.5. The molecule has 0 fully saturated rings. The maximum absolute atomic E-state index is 12.9. The number of hydrogen-bond donors (Lipinski definition) is 2. The molecule has 0 radical (unpaired) electrons. The highest BCUT2D eigenvalue weighted by Gasteiger charge is 2.08. The monoisotopic (exact) mass is 448 g/mol. The molecular weight excluding hydrogens is 434 g/mol. The molecule has 0 atom stereocenters. The predicted molar refractivity (Wildman–Crippen MR) is 117 cm³/mol. The second-order valence-electron chi connectivity index (χ2n) is 5.95. The Kier molecular flexibility index (Phi) is 7.14. The largest absolute Gasteiger partial charge is 0.325 e. The molecule has 0 aliphatic heterocycles. The van der Waals surface area contributed by atoms with Gasteiger partial charge in [0.25, 0.3) is 5.91 Å². The molecule has 148 valence electrons. The lowest BCUT2D eigenvalue weighted by atomic mass is 10.2. The Morgan fingerprint density at radius 1 is 0.828 bits per heavy atom. The molecule has 0 saturated heterocycles. The third-order valence-electron chi connectivity index (χ3n) is 3.79. The van der Waals surface area contributed by atoms with E-state index >= 15 is 0 Å². The van der Waals surface area contributed by atoms with E-state index in [-0.39, 0.29) is 17.6 Å². The fourth-order valence-corrected chi connectivity index (χ4v) is 3.36. The van der Waals surface area contributed by atoms with Gasteiger partial charge >= 0.3 is 0 Å². The van der Waals surface area contributed by atoms with Crippen LogP contribution in [0.25, 0.3) is 0 Å². The molecule has 3 rings (SSSR count). The van der Waals surface area contributed by atoms with Gasteiger partial charge in [-0.3, -0.25) is 9.59 Å². The van der Waals surface area contributed by atoms with Crippen molar-refractivity contribution in [1.29, 1.82) is 0 Å². The third kappa shape index (κ3) is 6.22. The van der Waals surface area contributed by atoms with Crippen LogP contribution in [-0.2, 0) is 4.79 Å². The Bertz CT molecular complexity index is 1030. The quantitative estimate of drug-likeness (QED) is 0.446. The molecule has 0 spiro atoms. The van der Waals surface area contributed by atoms with Gasteiger partial charge in [-0.25, -0.2) is 4.39 Å². The van der Waals surface area contributed by atoms with Crippen LogP contribution in [0.3, 0.4) is 0 Å². The van der Waals surface area contributed by atoms with E-state index in [0.29, 0.717) is 27.0 Å². The molecule has 0 aliphatic rings. The predicted octanol–water partition coefficient (Wildman–Crippen LogP) is 6.12. The van der Waals surface area contributed by atoms with Gasteiger partial charge in [-0.15, -0.1) is 11.8 Å². The van der Waals surface area contributed by atoms with Crippen LogP contribution in [0.2, 0.25) is 10.0 Å². The van der Waals surface area contributed by atoms with E-state index in [0.717, 1.165) is 4.90 Å². The molecule has 3 aromatic carbocycles. The van der Waals surface area contributed by atoms with Crippen molar-refractivity contribution in [2.75, 3.05) is 16.4 Å². The summed E-state index contributed by atoms with van der Waals surface area (Å²) in [6.07, 6.45) is 0. The van der Waals surface area contributed by atoms with Crippen LogP contribution in [0.1, 0.15) is 10.4 Å². The number of amides is 2. The number of carbonyl (C=O) groups excluding carboxylic acids is 2.